The van der Waals surface area contributed by atoms with Crippen LogP contribution in [0.4, 0.5) is 9.93 Å². The average molecular weight is 1080 g/mol. The molecule has 0 aliphatic carbocycles. The van der Waals surface area contributed by atoms with Crippen LogP contribution in [0.3, 0.4) is 0 Å². The van der Waals surface area contributed by atoms with Gasteiger partial charge in [0.05, 0.1) is 36.4 Å². The van der Waals surface area contributed by atoms with Crippen LogP contribution in [0.2, 0.25) is 0 Å². The molecule has 5 amide bonds. The van der Waals surface area contributed by atoms with Gasteiger partial charge in [-0.05, 0) is 60.2 Å². The van der Waals surface area contributed by atoms with Gasteiger partial charge in [0.2, 0.25) is 11.8 Å². The lowest BCUT2D eigenvalue weighted by Crippen LogP contribution is -2.51. The number of aliphatic carboxylic acids is 6. The number of hydrogen-bond acceptors (Lipinski definition) is 16. The number of carbonyl (C=O) groups is 10. The smallest absolute Gasteiger partial charge is 0.326 e. The second-order valence-electron chi connectivity index (χ2n) is 18.1. The van der Waals surface area contributed by atoms with Gasteiger partial charge in [0.1, 0.15) is 18.1 Å². The molecule has 2 heterocycles. The fraction of sp³-hybridized carbons (Fsp3) is 0.449. The second-order valence-corrected chi connectivity index (χ2v) is 19.1. The monoisotopic (exact) mass is 1080 g/mol. The highest BCUT2D eigenvalue weighted by atomic mass is 32.1. The third-order valence-electron chi connectivity index (χ3n) is 12.2. The van der Waals surface area contributed by atoms with Crippen molar-refractivity contribution in [3.63, 3.8) is 0 Å². The zero-order chi connectivity index (χ0) is 55.3. The summed E-state index contributed by atoms with van der Waals surface area (Å²) >= 11 is 1.15. The lowest BCUT2D eigenvalue weighted by molar-refractivity contribution is -0.141. The van der Waals surface area contributed by atoms with E-state index < -0.39 is 90.5 Å². The van der Waals surface area contributed by atoms with Crippen LogP contribution in [0.15, 0.2) is 60.7 Å². The van der Waals surface area contributed by atoms with E-state index in [1.165, 1.54) is 6.07 Å². The van der Waals surface area contributed by atoms with Crippen molar-refractivity contribution >= 4 is 97.0 Å². The molecule has 410 valence electrons. The first-order valence-corrected chi connectivity index (χ1v) is 25.1. The van der Waals surface area contributed by atoms with Gasteiger partial charge in [0.15, 0.2) is 5.13 Å². The normalized spacial score (nSPS) is 15.5. The van der Waals surface area contributed by atoms with Crippen LogP contribution < -0.4 is 26.6 Å². The summed E-state index contributed by atoms with van der Waals surface area (Å²) in [4.78, 5) is 134. The van der Waals surface area contributed by atoms with Gasteiger partial charge in [0.25, 0.3) is 5.91 Å². The molecule has 0 saturated carbocycles. The summed E-state index contributed by atoms with van der Waals surface area (Å²) in [5.41, 5.74) is 1.26. The Morgan fingerprint density at radius 2 is 1.11 bits per heavy atom. The summed E-state index contributed by atoms with van der Waals surface area (Å²) in [5.74, 6) is -9.02. The van der Waals surface area contributed by atoms with Crippen molar-refractivity contribution in [1.82, 2.24) is 45.9 Å². The molecule has 76 heavy (non-hydrogen) atoms. The minimum atomic E-state index is -1.57. The molecule has 11 N–H and O–H groups in total. The second kappa shape index (κ2) is 29.3. The topological polar surface area (TPSA) is 378 Å². The number of rotatable bonds is 26. The Morgan fingerprint density at radius 3 is 1.64 bits per heavy atom. The highest BCUT2D eigenvalue weighted by molar-refractivity contribution is 7.22. The van der Waals surface area contributed by atoms with E-state index >= 15 is 0 Å². The average Bonchev–Trinajstić information content (AvgIpc) is 3.76. The Morgan fingerprint density at radius 1 is 0.566 bits per heavy atom. The summed E-state index contributed by atoms with van der Waals surface area (Å²) < 4.78 is 0.621. The number of urea groups is 1. The standard InChI is InChI=1S/C49H62N10O16S/c60-39(26-56-15-17-57(27-41(63)64)19-21-59(29-43(67)68)22-20-58(18-16-56)28-42(65)66)55-49-54-36-25-33(10-12-38(36)76-49)44(69)51-37(24-30-8-9-31-5-1-2-6-32(31)23-30)45(70)50-14-4-3-7-34(46(71)72)52-48(75)53-35(47(73)74)11-13-40(61)62/h1-2,5-6,8-10,12,23,25,34-35,37H,3-4,7,11,13-22,24,26-29H2,(H,50,70)(H,51,69)(H,61,62)(H,63,64)(H,65,66)(H,67,68)(H,71,72)(H,73,74)(H2,52,53,75)(H,54,55,60)/t34?,35-,37-/m0/s1. The molecule has 27 heteroatoms. The maximum Gasteiger partial charge on any atom is 0.326 e. The summed E-state index contributed by atoms with van der Waals surface area (Å²) in [5, 5.41) is 71.2. The van der Waals surface area contributed by atoms with Gasteiger partial charge in [-0.3, -0.25) is 53.2 Å². The predicted octanol–water partition coefficient (Wildman–Crippen LogP) is 0.561. The number of nitrogens with one attached hydrogen (secondary N) is 5. The van der Waals surface area contributed by atoms with Crippen LogP contribution >= 0.6 is 11.3 Å². The Bertz CT molecular complexity index is 2710. The van der Waals surface area contributed by atoms with Crippen molar-refractivity contribution < 1.29 is 78.6 Å². The first-order chi connectivity index (χ1) is 36.2. The summed E-state index contributed by atoms with van der Waals surface area (Å²) in [6.07, 6.45) is -0.552. The van der Waals surface area contributed by atoms with Crippen LogP contribution in [0.1, 0.15) is 48.0 Å². The molecule has 1 aliphatic heterocycles. The number of thiazole rings is 1. The number of hydrogen-bond donors (Lipinski definition) is 11. The zero-order valence-electron chi connectivity index (χ0n) is 41.4. The molecule has 1 unspecified atom stereocenters. The largest absolute Gasteiger partial charge is 0.481 e. The summed E-state index contributed by atoms with van der Waals surface area (Å²) in [7, 11) is 0. The number of carboxylic acids is 6. The minimum Gasteiger partial charge on any atom is -0.481 e. The predicted molar refractivity (Wildman–Crippen MR) is 274 cm³/mol. The number of unbranched alkanes of at least 4 members (excludes halogenated alkanes) is 1. The molecule has 3 atom stereocenters. The third kappa shape index (κ3) is 20.1. The van der Waals surface area contributed by atoms with Crippen LogP contribution in [-0.2, 0) is 44.8 Å². The van der Waals surface area contributed by atoms with E-state index in [9.17, 15) is 73.5 Å². The van der Waals surface area contributed by atoms with Crippen LogP contribution in [0, 0.1) is 0 Å². The van der Waals surface area contributed by atoms with E-state index in [-0.39, 0.29) is 121 Å². The number of nitrogens with zero attached hydrogens (tertiary/aromatic N) is 5. The Kier molecular flexibility index (Phi) is 22.8. The van der Waals surface area contributed by atoms with Gasteiger partial charge in [-0.25, -0.2) is 19.4 Å². The van der Waals surface area contributed by atoms with Crippen LogP contribution in [-0.4, -0.2) is 218 Å². The molecule has 26 nitrogen and oxygen atoms in total. The molecule has 5 rings (SSSR count). The molecule has 4 aromatic rings. The number of carboxylic acid groups (broad SMARTS) is 6. The quantitative estimate of drug-likeness (QED) is 0.0383. The molecule has 1 aliphatic rings. The van der Waals surface area contributed by atoms with Crippen molar-refractivity contribution in [3.05, 3.63) is 71.8 Å². The molecule has 3 aromatic carbocycles. The van der Waals surface area contributed by atoms with Gasteiger partial charge >= 0.3 is 41.8 Å². The number of anilines is 1. The molecular formula is C49H62N10O16S. The Labute approximate surface area is 439 Å². The Balaban J connectivity index is 1.22. The van der Waals surface area contributed by atoms with Gasteiger partial charge in [-0.15, -0.1) is 0 Å². The molecule has 0 spiro atoms. The lowest BCUT2D eigenvalue weighted by Gasteiger charge is -2.32. The van der Waals surface area contributed by atoms with Gasteiger partial charge in [-0.1, -0.05) is 53.8 Å². The fourth-order valence-corrected chi connectivity index (χ4v) is 9.13. The SMILES string of the molecule is O=C(O)CC[C@H](NC(=O)NC(CCCCNC(=O)[C@H](Cc1ccc2ccccc2c1)NC(=O)c1ccc2sc(NC(=O)CN3CCN(CC(=O)O)CCN(CC(=O)O)CCN(CC(=O)O)CC3)nc2c1)C(=O)O)C(=O)O. The first-order valence-electron chi connectivity index (χ1n) is 24.3. The van der Waals surface area contributed by atoms with Gasteiger partial charge in [-0.2, -0.15) is 0 Å². The van der Waals surface area contributed by atoms with Crippen molar-refractivity contribution in [2.75, 3.05) is 90.4 Å². The summed E-state index contributed by atoms with van der Waals surface area (Å²) in [6, 6.07) is 12.7. The van der Waals surface area contributed by atoms with Crippen molar-refractivity contribution in [2.45, 2.75) is 56.7 Å². The van der Waals surface area contributed by atoms with E-state index in [2.05, 4.69) is 31.6 Å². The number of carbonyl (C=O) groups excluding carboxylic acids is 4. The number of amides is 5. The highest BCUT2D eigenvalue weighted by Gasteiger charge is 2.27. The third-order valence-corrected chi connectivity index (χ3v) is 13.2. The zero-order valence-corrected chi connectivity index (χ0v) is 42.2. The highest BCUT2D eigenvalue weighted by Crippen LogP contribution is 2.27. The Hall–Kier alpha value is -7.85. The molecule has 1 aromatic heterocycles. The van der Waals surface area contributed by atoms with E-state index in [0.717, 1.165) is 27.7 Å². The summed E-state index contributed by atoms with van der Waals surface area (Å²) in [6.45, 7) is 0.710. The molecular weight excluding hydrogens is 1020 g/mol. The maximum absolute atomic E-state index is 13.9. The van der Waals surface area contributed by atoms with E-state index in [4.69, 9.17) is 5.11 Å². The number of fused-ring (bicyclic) bond motifs is 2. The van der Waals surface area contributed by atoms with Crippen LogP contribution in [0.5, 0.6) is 0 Å². The van der Waals surface area contributed by atoms with Crippen molar-refractivity contribution in [1.29, 1.82) is 0 Å². The molecule has 1 fully saturated rings. The van der Waals surface area contributed by atoms with E-state index in [1.54, 1.807) is 31.7 Å². The minimum absolute atomic E-state index is 0.0517. The van der Waals surface area contributed by atoms with Gasteiger partial charge < -0.3 is 57.2 Å². The molecule has 0 bridgehead atoms. The lowest BCUT2D eigenvalue weighted by atomic mass is 10.0. The van der Waals surface area contributed by atoms with Gasteiger partial charge in [0, 0.05) is 77.3 Å². The molecule has 0 radical (unpaired) electrons. The number of aromatic nitrogens is 1. The van der Waals surface area contributed by atoms with Crippen molar-refractivity contribution in [3.8, 4) is 0 Å². The van der Waals surface area contributed by atoms with E-state index in [0.29, 0.717) is 10.2 Å². The first kappa shape index (κ1) is 59.0. The van der Waals surface area contributed by atoms with Crippen LogP contribution in [0.25, 0.3) is 21.0 Å². The van der Waals surface area contributed by atoms with E-state index in [1.807, 2.05) is 42.5 Å². The fourth-order valence-electron chi connectivity index (χ4n) is 8.27. The molecule has 1 saturated heterocycles. The number of benzene rings is 3. The maximum atomic E-state index is 13.9. The van der Waals surface area contributed by atoms with Crippen molar-refractivity contribution in [2.24, 2.45) is 0 Å².